The van der Waals surface area contributed by atoms with Crippen LogP contribution in [0.5, 0.6) is 0 Å². The van der Waals surface area contributed by atoms with E-state index in [2.05, 4.69) is 103 Å². The Balaban J connectivity index is 1.21. The molecule has 0 radical (unpaired) electrons. The summed E-state index contributed by atoms with van der Waals surface area (Å²) in [4.78, 5) is 14.2. The average molecular weight is 505 g/mol. The maximum absolute atomic E-state index is 14.2. The van der Waals surface area contributed by atoms with E-state index in [1.54, 1.807) is 0 Å². The van der Waals surface area contributed by atoms with E-state index in [0.717, 1.165) is 48.2 Å². The molecule has 3 heteroatoms. The SMILES string of the molecule is O=C(O[Si](Cc1ccccc1)(Cc1ccccc1)Cc1ccccc1)C1CC2CC1C1C3C=CC(C3)C21. The molecule has 0 heterocycles. The van der Waals surface area contributed by atoms with Crippen LogP contribution in [0.1, 0.15) is 36.0 Å². The summed E-state index contributed by atoms with van der Waals surface area (Å²) >= 11 is 0. The van der Waals surface area contributed by atoms with Gasteiger partial charge in [-0.15, -0.1) is 0 Å². The zero-order valence-electron chi connectivity index (χ0n) is 21.4. The summed E-state index contributed by atoms with van der Waals surface area (Å²) in [6.07, 6.45) is 8.58. The fourth-order valence-corrected chi connectivity index (χ4v) is 12.9. The first-order chi connectivity index (χ1) is 18.2. The minimum Gasteiger partial charge on any atom is -0.518 e. The van der Waals surface area contributed by atoms with Gasteiger partial charge in [0.25, 0.3) is 14.3 Å². The van der Waals surface area contributed by atoms with E-state index < -0.39 is 8.32 Å². The van der Waals surface area contributed by atoms with Gasteiger partial charge in [0.1, 0.15) is 0 Å². The van der Waals surface area contributed by atoms with E-state index in [1.807, 2.05) is 0 Å². The highest BCUT2D eigenvalue weighted by atomic mass is 28.4. The van der Waals surface area contributed by atoms with Crippen molar-refractivity contribution in [1.29, 1.82) is 0 Å². The summed E-state index contributed by atoms with van der Waals surface area (Å²) in [6, 6.07) is 34.7. The van der Waals surface area contributed by atoms with Crippen LogP contribution >= 0.6 is 0 Å². The molecule has 7 rings (SSSR count). The Morgan fingerprint density at radius 2 is 1.14 bits per heavy atom. The predicted octanol–water partition coefficient (Wildman–Crippen LogP) is 6.92. The Hall–Kier alpha value is -2.91. The monoisotopic (exact) mass is 504 g/mol. The van der Waals surface area contributed by atoms with Gasteiger partial charge in [-0.2, -0.15) is 0 Å². The van der Waals surface area contributed by atoms with Gasteiger partial charge in [-0.1, -0.05) is 103 Å². The molecule has 7 unspecified atom stereocenters. The van der Waals surface area contributed by atoms with Crippen molar-refractivity contribution < 1.29 is 9.22 Å². The van der Waals surface area contributed by atoms with Gasteiger partial charge in [0, 0.05) is 18.1 Å². The number of benzene rings is 3. The molecular formula is C34H36O2Si. The van der Waals surface area contributed by atoms with E-state index in [4.69, 9.17) is 4.43 Å². The van der Waals surface area contributed by atoms with E-state index >= 15 is 0 Å². The van der Waals surface area contributed by atoms with E-state index in [1.165, 1.54) is 29.5 Å². The van der Waals surface area contributed by atoms with Crippen LogP contribution in [0.25, 0.3) is 0 Å². The van der Waals surface area contributed by atoms with Gasteiger partial charge in [0.2, 0.25) is 0 Å². The molecule has 3 fully saturated rings. The first-order valence-electron chi connectivity index (χ1n) is 14.2. The molecule has 4 aliphatic rings. The second-order valence-corrected chi connectivity index (χ2v) is 15.8. The second kappa shape index (κ2) is 9.44. The Bertz CT molecular complexity index is 1170. The molecule has 3 aromatic rings. The van der Waals surface area contributed by atoms with Crippen molar-refractivity contribution in [2.75, 3.05) is 0 Å². The molecule has 188 valence electrons. The Morgan fingerprint density at radius 3 is 1.65 bits per heavy atom. The molecule has 2 nitrogen and oxygen atoms in total. The van der Waals surface area contributed by atoms with Crippen molar-refractivity contribution in [2.24, 2.45) is 41.4 Å². The van der Waals surface area contributed by atoms with E-state index in [9.17, 15) is 4.79 Å². The molecule has 4 aliphatic carbocycles. The molecule has 7 atom stereocenters. The van der Waals surface area contributed by atoms with Crippen molar-refractivity contribution in [1.82, 2.24) is 0 Å². The highest BCUT2D eigenvalue weighted by Gasteiger charge is 2.62. The summed E-state index contributed by atoms with van der Waals surface area (Å²) in [7, 11) is -2.59. The van der Waals surface area contributed by atoms with Crippen molar-refractivity contribution in [3.63, 3.8) is 0 Å². The summed E-state index contributed by atoms with van der Waals surface area (Å²) in [6.45, 7) is 0. The molecule has 0 spiro atoms. The third-order valence-electron chi connectivity index (χ3n) is 10.00. The number of allylic oxidation sites excluding steroid dienone is 2. The highest BCUT2D eigenvalue weighted by Crippen LogP contribution is 2.67. The van der Waals surface area contributed by atoms with Crippen molar-refractivity contribution in [3.05, 3.63) is 120 Å². The number of carbonyl (C=O) groups excluding carboxylic acids is 1. The lowest BCUT2D eigenvalue weighted by molar-refractivity contribution is -0.143. The first-order valence-corrected chi connectivity index (χ1v) is 16.7. The first kappa shape index (κ1) is 23.2. The molecule has 0 aliphatic heterocycles. The number of rotatable bonds is 8. The topological polar surface area (TPSA) is 26.3 Å². The molecule has 37 heavy (non-hydrogen) atoms. The lowest BCUT2D eigenvalue weighted by Gasteiger charge is -2.38. The van der Waals surface area contributed by atoms with Crippen LogP contribution in [0.2, 0.25) is 0 Å². The highest BCUT2D eigenvalue weighted by molar-refractivity contribution is 6.73. The van der Waals surface area contributed by atoms with Gasteiger partial charge >= 0.3 is 0 Å². The smallest absolute Gasteiger partial charge is 0.295 e. The molecular weight excluding hydrogens is 468 g/mol. The maximum atomic E-state index is 14.2. The molecule has 4 bridgehead atoms. The Kier molecular flexibility index (Phi) is 5.92. The second-order valence-electron chi connectivity index (χ2n) is 12.2. The van der Waals surface area contributed by atoms with Crippen LogP contribution in [0.3, 0.4) is 0 Å². The molecule has 0 saturated heterocycles. The maximum Gasteiger partial charge on any atom is 0.295 e. The summed E-state index contributed by atoms with van der Waals surface area (Å²) in [5.74, 6) is 4.51. The standard InChI is InChI=1S/C34H36O2Si/c35-34(31-20-29-19-30(31)33-28-17-16-27(18-28)32(29)33)36-37(21-24-10-4-1-5-11-24,22-25-12-6-2-7-13-25)23-26-14-8-3-9-15-26/h1-17,27-33H,18-23H2. The molecule has 0 amide bonds. The number of hydrogen-bond donors (Lipinski definition) is 0. The van der Waals surface area contributed by atoms with Crippen molar-refractivity contribution in [2.45, 2.75) is 37.4 Å². The van der Waals surface area contributed by atoms with Crippen LogP contribution < -0.4 is 0 Å². The number of fused-ring (bicyclic) bond motifs is 9. The van der Waals surface area contributed by atoms with Gasteiger partial charge in [0.05, 0.1) is 5.92 Å². The average Bonchev–Trinajstić information content (AvgIpc) is 3.71. The minimum atomic E-state index is -2.59. The lowest BCUT2D eigenvalue weighted by atomic mass is 9.69. The number of carbonyl (C=O) groups is 1. The van der Waals surface area contributed by atoms with Crippen LogP contribution in [0, 0.1) is 41.4 Å². The van der Waals surface area contributed by atoms with E-state index in [-0.39, 0.29) is 11.9 Å². The molecule has 0 N–H and O–H groups in total. The van der Waals surface area contributed by atoms with Gasteiger partial charge in [-0.25, -0.2) is 0 Å². The van der Waals surface area contributed by atoms with Gasteiger partial charge < -0.3 is 4.43 Å². The summed E-state index contributed by atoms with van der Waals surface area (Å²) < 4.78 is 7.00. The molecule has 0 aromatic heterocycles. The molecule has 3 aromatic carbocycles. The fourth-order valence-electron chi connectivity index (χ4n) is 8.78. The van der Waals surface area contributed by atoms with Crippen molar-refractivity contribution >= 4 is 14.3 Å². The quantitative estimate of drug-likeness (QED) is 0.189. The summed E-state index contributed by atoms with van der Waals surface area (Å²) in [5.41, 5.74) is 3.83. The summed E-state index contributed by atoms with van der Waals surface area (Å²) in [5, 5.41) is 0. The van der Waals surface area contributed by atoms with Crippen LogP contribution in [-0.4, -0.2) is 14.3 Å². The zero-order valence-corrected chi connectivity index (χ0v) is 22.4. The predicted molar refractivity (Wildman–Crippen MR) is 150 cm³/mol. The lowest BCUT2D eigenvalue weighted by Crippen LogP contribution is -2.51. The van der Waals surface area contributed by atoms with Crippen molar-refractivity contribution in [3.8, 4) is 0 Å². The minimum absolute atomic E-state index is 0.0909. The van der Waals surface area contributed by atoms with E-state index in [0.29, 0.717) is 11.8 Å². The third-order valence-corrected chi connectivity index (χ3v) is 13.8. The largest absolute Gasteiger partial charge is 0.518 e. The van der Waals surface area contributed by atoms with Crippen LogP contribution in [-0.2, 0) is 27.4 Å². The normalized spacial score (nSPS) is 31.0. The third kappa shape index (κ3) is 4.31. The van der Waals surface area contributed by atoms with Gasteiger partial charge in [0.15, 0.2) is 0 Å². The van der Waals surface area contributed by atoms with Crippen LogP contribution in [0.4, 0.5) is 0 Å². The Morgan fingerprint density at radius 1 is 0.649 bits per heavy atom. The molecule has 3 saturated carbocycles. The number of hydrogen-bond acceptors (Lipinski definition) is 2. The van der Waals surface area contributed by atoms with Crippen LogP contribution in [0.15, 0.2) is 103 Å². The van der Waals surface area contributed by atoms with Gasteiger partial charge in [-0.05, 0) is 71.5 Å². The Labute approximate surface area is 221 Å². The zero-order chi connectivity index (χ0) is 24.8. The fraction of sp³-hybridized carbons (Fsp3) is 0.382. The van der Waals surface area contributed by atoms with Gasteiger partial charge in [-0.3, -0.25) is 4.79 Å².